The molecule has 1 rings (SSSR count). The lowest BCUT2D eigenvalue weighted by atomic mass is 10.4. The van der Waals surface area contributed by atoms with Gasteiger partial charge >= 0.3 is 0 Å². The molecule has 0 spiro atoms. The summed E-state index contributed by atoms with van der Waals surface area (Å²) in [6, 6.07) is 0. The molecule has 5 heteroatoms. The summed E-state index contributed by atoms with van der Waals surface area (Å²) in [5, 5.41) is 24.3. The standard InChI is InChI=1S/C7H13N3O2/c1-10-4-6(2-9-10)8-3-7(12)5-11/h2,4,7-8,11-12H,3,5H2,1H3/t7-/m0/s1. The van der Waals surface area contributed by atoms with Crippen LogP contribution in [0.1, 0.15) is 0 Å². The van der Waals surface area contributed by atoms with E-state index < -0.39 is 6.10 Å². The summed E-state index contributed by atoms with van der Waals surface area (Å²) in [5.41, 5.74) is 0.838. The first-order valence-electron chi connectivity index (χ1n) is 3.74. The first kappa shape index (κ1) is 9.02. The van der Waals surface area contributed by atoms with Crippen molar-refractivity contribution in [1.82, 2.24) is 9.78 Å². The third kappa shape index (κ3) is 2.52. The Morgan fingerprint density at radius 2 is 2.50 bits per heavy atom. The van der Waals surface area contributed by atoms with Crippen LogP contribution in [0.25, 0.3) is 0 Å². The van der Waals surface area contributed by atoms with Crippen LogP contribution in [0.5, 0.6) is 0 Å². The van der Waals surface area contributed by atoms with Crippen molar-refractivity contribution in [3.63, 3.8) is 0 Å². The second-order valence-electron chi connectivity index (χ2n) is 2.62. The first-order valence-corrected chi connectivity index (χ1v) is 3.74. The van der Waals surface area contributed by atoms with Gasteiger partial charge in [-0.2, -0.15) is 5.10 Å². The van der Waals surface area contributed by atoms with Crippen LogP contribution < -0.4 is 5.32 Å². The van der Waals surface area contributed by atoms with E-state index in [0.717, 1.165) is 5.69 Å². The number of rotatable bonds is 4. The zero-order valence-corrected chi connectivity index (χ0v) is 6.94. The lowest BCUT2D eigenvalue weighted by Gasteiger charge is -2.07. The number of anilines is 1. The molecule has 5 nitrogen and oxygen atoms in total. The molecule has 1 aromatic rings. The van der Waals surface area contributed by atoms with Gasteiger partial charge < -0.3 is 15.5 Å². The van der Waals surface area contributed by atoms with E-state index in [2.05, 4.69) is 10.4 Å². The molecule has 0 saturated carbocycles. The summed E-state index contributed by atoms with van der Waals surface area (Å²) in [6.45, 7) is 0.107. The fraction of sp³-hybridized carbons (Fsp3) is 0.571. The zero-order chi connectivity index (χ0) is 8.97. The van der Waals surface area contributed by atoms with Crippen molar-refractivity contribution < 1.29 is 10.2 Å². The Bertz CT molecular complexity index is 236. The predicted octanol–water partition coefficient (Wildman–Crippen LogP) is -0.815. The van der Waals surface area contributed by atoms with Gasteiger partial charge in [-0.15, -0.1) is 0 Å². The van der Waals surface area contributed by atoms with Gasteiger partial charge in [0.05, 0.1) is 24.6 Å². The highest BCUT2D eigenvalue weighted by atomic mass is 16.3. The Labute approximate surface area is 70.6 Å². The maximum atomic E-state index is 8.99. The van der Waals surface area contributed by atoms with Gasteiger partial charge in [-0.3, -0.25) is 4.68 Å². The van der Waals surface area contributed by atoms with Crippen LogP contribution in [-0.2, 0) is 7.05 Å². The van der Waals surface area contributed by atoms with Gasteiger partial charge in [0.2, 0.25) is 0 Å². The van der Waals surface area contributed by atoms with Crippen LogP contribution in [0, 0.1) is 0 Å². The normalized spacial score (nSPS) is 12.9. The number of aryl methyl sites for hydroxylation is 1. The Hall–Kier alpha value is -1.07. The summed E-state index contributed by atoms with van der Waals surface area (Å²) >= 11 is 0. The summed E-state index contributed by atoms with van der Waals surface area (Å²) < 4.78 is 1.66. The van der Waals surface area contributed by atoms with Gasteiger partial charge in [0.15, 0.2) is 0 Å². The molecule has 0 aliphatic rings. The van der Waals surface area contributed by atoms with E-state index in [4.69, 9.17) is 10.2 Å². The van der Waals surface area contributed by atoms with Crippen molar-refractivity contribution >= 4 is 5.69 Å². The van der Waals surface area contributed by atoms with E-state index in [1.807, 2.05) is 7.05 Å². The molecule has 0 fully saturated rings. The van der Waals surface area contributed by atoms with Crippen molar-refractivity contribution in [1.29, 1.82) is 0 Å². The minimum Gasteiger partial charge on any atom is -0.394 e. The zero-order valence-electron chi connectivity index (χ0n) is 6.94. The Morgan fingerprint density at radius 3 is 3.00 bits per heavy atom. The highest BCUT2D eigenvalue weighted by molar-refractivity contribution is 5.37. The first-order chi connectivity index (χ1) is 5.72. The van der Waals surface area contributed by atoms with Crippen LogP contribution in [0.15, 0.2) is 12.4 Å². The average Bonchev–Trinajstić information content (AvgIpc) is 2.47. The number of nitrogens with zero attached hydrogens (tertiary/aromatic N) is 2. The molecular formula is C7H13N3O2. The molecule has 1 aromatic heterocycles. The van der Waals surface area contributed by atoms with Crippen molar-refractivity contribution in [3.05, 3.63) is 12.4 Å². The molecule has 12 heavy (non-hydrogen) atoms. The molecule has 0 radical (unpaired) electrons. The maximum Gasteiger partial charge on any atom is 0.0942 e. The van der Waals surface area contributed by atoms with Gasteiger partial charge in [0, 0.05) is 19.8 Å². The minimum atomic E-state index is -0.717. The molecule has 0 saturated heterocycles. The third-order valence-corrected chi connectivity index (χ3v) is 1.46. The van der Waals surface area contributed by atoms with Gasteiger partial charge in [0.25, 0.3) is 0 Å². The fourth-order valence-corrected chi connectivity index (χ4v) is 0.813. The largest absolute Gasteiger partial charge is 0.394 e. The van der Waals surface area contributed by atoms with Crippen LogP contribution in [0.2, 0.25) is 0 Å². The molecule has 3 N–H and O–H groups in total. The van der Waals surface area contributed by atoms with Gasteiger partial charge in [-0.05, 0) is 0 Å². The second kappa shape index (κ2) is 4.08. The molecule has 0 aliphatic heterocycles. The lowest BCUT2D eigenvalue weighted by Crippen LogP contribution is -2.22. The predicted molar refractivity (Wildman–Crippen MR) is 44.8 cm³/mol. The maximum absolute atomic E-state index is 8.99. The van der Waals surface area contributed by atoms with Crippen LogP contribution in [0.3, 0.4) is 0 Å². The summed E-state index contributed by atoms with van der Waals surface area (Å²) in [5.74, 6) is 0. The smallest absolute Gasteiger partial charge is 0.0942 e. The topological polar surface area (TPSA) is 70.3 Å². The lowest BCUT2D eigenvalue weighted by molar-refractivity contribution is 0.105. The molecule has 1 atom stereocenters. The van der Waals surface area contributed by atoms with Crippen LogP contribution in [0.4, 0.5) is 5.69 Å². The molecule has 68 valence electrons. The highest BCUT2D eigenvalue weighted by Crippen LogP contribution is 2.02. The van der Waals surface area contributed by atoms with E-state index in [1.165, 1.54) is 0 Å². The number of hydrogen-bond donors (Lipinski definition) is 3. The van der Waals surface area contributed by atoms with E-state index in [1.54, 1.807) is 17.1 Å². The van der Waals surface area contributed by atoms with Crippen molar-refractivity contribution in [3.8, 4) is 0 Å². The van der Waals surface area contributed by atoms with E-state index in [0.29, 0.717) is 6.54 Å². The fourth-order valence-electron chi connectivity index (χ4n) is 0.813. The van der Waals surface area contributed by atoms with Crippen LogP contribution in [-0.4, -0.2) is 39.2 Å². The van der Waals surface area contributed by atoms with Gasteiger partial charge in [-0.25, -0.2) is 0 Å². The number of hydrogen-bond acceptors (Lipinski definition) is 4. The van der Waals surface area contributed by atoms with Crippen LogP contribution >= 0.6 is 0 Å². The second-order valence-corrected chi connectivity index (χ2v) is 2.62. The van der Waals surface area contributed by atoms with Gasteiger partial charge in [0.1, 0.15) is 0 Å². The molecule has 0 aromatic carbocycles. The molecule has 0 aliphatic carbocycles. The van der Waals surface area contributed by atoms with E-state index in [9.17, 15) is 0 Å². The summed E-state index contributed by atoms with van der Waals surface area (Å²) in [4.78, 5) is 0. The van der Waals surface area contributed by atoms with Gasteiger partial charge in [-0.1, -0.05) is 0 Å². The monoisotopic (exact) mass is 171 g/mol. The molecule has 1 heterocycles. The van der Waals surface area contributed by atoms with Crippen molar-refractivity contribution in [2.45, 2.75) is 6.10 Å². The van der Waals surface area contributed by atoms with Crippen molar-refractivity contribution in [2.75, 3.05) is 18.5 Å². The quantitative estimate of drug-likeness (QED) is 0.554. The average molecular weight is 171 g/mol. The summed E-state index contributed by atoms with van der Waals surface area (Å²) in [7, 11) is 1.81. The summed E-state index contributed by atoms with van der Waals surface area (Å²) in [6.07, 6.45) is 2.74. The Kier molecular flexibility index (Phi) is 3.07. The number of aromatic nitrogens is 2. The van der Waals surface area contributed by atoms with E-state index in [-0.39, 0.29) is 6.61 Å². The van der Waals surface area contributed by atoms with Crippen molar-refractivity contribution in [2.24, 2.45) is 7.05 Å². The van der Waals surface area contributed by atoms with E-state index >= 15 is 0 Å². The SMILES string of the molecule is Cn1cc(NC[C@H](O)CO)cn1. The highest BCUT2D eigenvalue weighted by Gasteiger charge is 2.01. The Balaban J connectivity index is 2.33. The minimum absolute atomic E-state index is 0.229. The molecule has 0 unspecified atom stereocenters. The number of nitrogens with one attached hydrogen (secondary N) is 1. The third-order valence-electron chi connectivity index (χ3n) is 1.46. The molecular weight excluding hydrogens is 158 g/mol. The number of aliphatic hydroxyl groups is 2. The number of aliphatic hydroxyl groups excluding tert-OH is 2. The molecule has 0 bridgehead atoms. The Morgan fingerprint density at radius 1 is 1.75 bits per heavy atom. The molecule has 0 amide bonds.